The SMILES string of the molecule is CCC1CCC(NC(=O)c2cc(C)n(-c3nccs3)c2C)CC1. The molecule has 3 rings (SSSR count). The largest absolute Gasteiger partial charge is 0.349 e. The average molecular weight is 331 g/mol. The molecule has 0 aromatic carbocycles. The summed E-state index contributed by atoms with van der Waals surface area (Å²) < 4.78 is 2.06. The van der Waals surface area contributed by atoms with Crippen LogP contribution in [0.15, 0.2) is 17.6 Å². The van der Waals surface area contributed by atoms with Crippen molar-refractivity contribution in [3.8, 4) is 5.13 Å². The molecule has 23 heavy (non-hydrogen) atoms. The highest BCUT2D eigenvalue weighted by Gasteiger charge is 2.24. The van der Waals surface area contributed by atoms with Gasteiger partial charge >= 0.3 is 0 Å². The third kappa shape index (κ3) is 3.34. The Balaban J connectivity index is 1.72. The van der Waals surface area contributed by atoms with E-state index in [-0.39, 0.29) is 5.91 Å². The molecule has 2 aromatic rings. The van der Waals surface area contributed by atoms with Crippen molar-refractivity contribution in [2.45, 2.75) is 58.9 Å². The highest BCUT2D eigenvalue weighted by atomic mass is 32.1. The molecule has 0 spiro atoms. The van der Waals surface area contributed by atoms with Gasteiger partial charge in [0.1, 0.15) is 0 Å². The molecule has 124 valence electrons. The second kappa shape index (κ2) is 6.87. The predicted octanol–water partition coefficient (Wildman–Crippen LogP) is 4.25. The van der Waals surface area contributed by atoms with Gasteiger partial charge in [-0.05, 0) is 51.5 Å². The van der Waals surface area contributed by atoms with Gasteiger partial charge in [-0.1, -0.05) is 13.3 Å². The van der Waals surface area contributed by atoms with Crippen LogP contribution in [-0.2, 0) is 0 Å². The monoisotopic (exact) mass is 331 g/mol. The molecule has 1 aliphatic rings. The Labute approximate surface area is 141 Å². The van der Waals surface area contributed by atoms with Gasteiger partial charge in [-0.3, -0.25) is 9.36 Å². The summed E-state index contributed by atoms with van der Waals surface area (Å²) in [7, 11) is 0. The minimum absolute atomic E-state index is 0.0563. The first-order valence-corrected chi connectivity index (χ1v) is 9.37. The fraction of sp³-hybridized carbons (Fsp3) is 0.556. The molecule has 0 bridgehead atoms. The second-order valence-corrected chi connectivity index (χ2v) is 7.41. The number of hydrogen-bond donors (Lipinski definition) is 1. The van der Waals surface area contributed by atoms with Gasteiger partial charge in [0, 0.05) is 29.0 Å². The van der Waals surface area contributed by atoms with Crippen LogP contribution in [-0.4, -0.2) is 21.5 Å². The van der Waals surface area contributed by atoms with E-state index in [2.05, 4.69) is 21.8 Å². The van der Waals surface area contributed by atoms with E-state index in [9.17, 15) is 4.79 Å². The number of nitrogens with one attached hydrogen (secondary N) is 1. The molecule has 1 saturated carbocycles. The summed E-state index contributed by atoms with van der Waals surface area (Å²) in [5, 5.41) is 6.11. The molecule has 0 saturated heterocycles. The van der Waals surface area contributed by atoms with Crippen LogP contribution in [0.1, 0.15) is 60.8 Å². The fourth-order valence-corrected chi connectivity index (χ4v) is 4.34. The van der Waals surface area contributed by atoms with Gasteiger partial charge in [-0.15, -0.1) is 11.3 Å². The summed E-state index contributed by atoms with van der Waals surface area (Å²) in [4.78, 5) is 17.0. The Hall–Kier alpha value is -1.62. The van der Waals surface area contributed by atoms with Crippen LogP contribution in [0.4, 0.5) is 0 Å². The summed E-state index contributed by atoms with van der Waals surface area (Å²) in [5.74, 6) is 0.902. The molecule has 1 amide bonds. The zero-order valence-electron chi connectivity index (χ0n) is 14.1. The molecule has 0 radical (unpaired) electrons. The van der Waals surface area contributed by atoms with Crippen molar-refractivity contribution in [2.24, 2.45) is 5.92 Å². The molecule has 4 nitrogen and oxygen atoms in total. The van der Waals surface area contributed by atoms with E-state index >= 15 is 0 Å². The third-order valence-electron chi connectivity index (χ3n) is 5.05. The van der Waals surface area contributed by atoms with Crippen LogP contribution in [0.25, 0.3) is 5.13 Å². The minimum Gasteiger partial charge on any atom is -0.349 e. The molecule has 0 atom stereocenters. The summed E-state index contributed by atoms with van der Waals surface area (Å²) in [6, 6.07) is 2.30. The number of carbonyl (C=O) groups is 1. The number of thiazole rings is 1. The van der Waals surface area contributed by atoms with E-state index in [1.54, 1.807) is 17.5 Å². The van der Waals surface area contributed by atoms with E-state index in [0.717, 1.165) is 40.8 Å². The maximum Gasteiger partial charge on any atom is 0.253 e. The molecule has 5 heteroatoms. The van der Waals surface area contributed by atoms with Crippen molar-refractivity contribution in [1.29, 1.82) is 0 Å². The highest BCUT2D eigenvalue weighted by molar-refractivity contribution is 7.12. The number of rotatable bonds is 4. The third-order valence-corrected chi connectivity index (χ3v) is 5.80. The van der Waals surface area contributed by atoms with Crippen molar-refractivity contribution in [3.63, 3.8) is 0 Å². The first kappa shape index (κ1) is 16.2. The first-order chi connectivity index (χ1) is 11.1. The van der Waals surface area contributed by atoms with Crippen molar-refractivity contribution in [2.75, 3.05) is 0 Å². The fourth-order valence-electron chi connectivity index (χ4n) is 3.59. The van der Waals surface area contributed by atoms with Gasteiger partial charge in [-0.25, -0.2) is 4.98 Å². The molecule has 1 fully saturated rings. The van der Waals surface area contributed by atoms with E-state index in [0.29, 0.717) is 6.04 Å². The number of hydrogen-bond acceptors (Lipinski definition) is 3. The number of aromatic nitrogens is 2. The van der Waals surface area contributed by atoms with Gasteiger partial charge < -0.3 is 5.32 Å². The van der Waals surface area contributed by atoms with Crippen LogP contribution in [0, 0.1) is 19.8 Å². The molecule has 1 aliphatic carbocycles. The van der Waals surface area contributed by atoms with Crippen LogP contribution >= 0.6 is 11.3 Å². The lowest BCUT2D eigenvalue weighted by molar-refractivity contribution is 0.0921. The number of carbonyl (C=O) groups excluding carboxylic acids is 1. The number of nitrogens with zero attached hydrogens (tertiary/aromatic N) is 2. The summed E-state index contributed by atoms with van der Waals surface area (Å²) in [6.07, 6.45) is 7.74. The molecule has 2 heterocycles. The standard InChI is InChI=1S/C18H25N3OS/c1-4-14-5-7-15(8-6-14)20-17(22)16-11-12(2)21(13(16)3)18-19-9-10-23-18/h9-11,14-15H,4-8H2,1-3H3,(H,20,22). The van der Waals surface area contributed by atoms with Crippen LogP contribution in [0.2, 0.25) is 0 Å². The lowest BCUT2D eigenvalue weighted by atomic mass is 9.84. The molecular weight excluding hydrogens is 306 g/mol. The minimum atomic E-state index is 0.0563. The lowest BCUT2D eigenvalue weighted by Crippen LogP contribution is -2.37. The molecule has 1 N–H and O–H groups in total. The van der Waals surface area contributed by atoms with Gasteiger partial charge in [0.25, 0.3) is 5.91 Å². The second-order valence-electron chi connectivity index (χ2n) is 6.53. The van der Waals surface area contributed by atoms with Gasteiger partial charge in [-0.2, -0.15) is 0 Å². The maximum absolute atomic E-state index is 12.7. The van der Waals surface area contributed by atoms with Crippen LogP contribution in [0.3, 0.4) is 0 Å². The molecule has 2 aromatic heterocycles. The van der Waals surface area contributed by atoms with E-state index in [4.69, 9.17) is 0 Å². The Morgan fingerprint density at radius 2 is 2.09 bits per heavy atom. The Morgan fingerprint density at radius 1 is 1.35 bits per heavy atom. The van der Waals surface area contributed by atoms with Crippen LogP contribution < -0.4 is 5.32 Å². The maximum atomic E-state index is 12.7. The first-order valence-electron chi connectivity index (χ1n) is 8.49. The quantitative estimate of drug-likeness (QED) is 0.910. The van der Waals surface area contributed by atoms with Crippen molar-refractivity contribution in [1.82, 2.24) is 14.9 Å². The number of aryl methyl sites for hydroxylation is 1. The van der Waals surface area contributed by atoms with Gasteiger partial charge in [0.05, 0.1) is 5.56 Å². The highest BCUT2D eigenvalue weighted by Crippen LogP contribution is 2.27. The molecule has 0 aliphatic heterocycles. The average Bonchev–Trinajstić information content (AvgIpc) is 3.16. The number of amides is 1. The normalized spacial score (nSPS) is 21.3. The molecule has 0 unspecified atom stereocenters. The zero-order valence-corrected chi connectivity index (χ0v) is 14.9. The van der Waals surface area contributed by atoms with Crippen molar-refractivity contribution in [3.05, 3.63) is 34.6 Å². The van der Waals surface area contributed by atoms with Crippen LogP contribution in [0.5, 0.6) is 0 Å². The summed E-state index contributed by atoms with van der Waals surface area (Å²) in [5.41, 5.74) is 2.80. The molecular formula is C18H25N3OS. The lowest BCUT2D eigenvalue weighted by Gasteiger charge is -2.28. The Kier molecular flexibility index (Phi) is 4.85. The topological polar surface area (TPSA) is 46.9 Å². The van der Waals surface area contributed by atoms with Gasteiger partial charge in [0.15, 0.2) is 5.13 Å². The van der Waals surface area contributed by atoms with E-state index in [1.807, 2.05) is 25.3 Å². The summed E-state index contributed by atoms with van der Waals surface area (Å²) >= 11 is 1.59. The predicted molar refractivity (Wildman–Crippen MR) is 94.4 cm³/mol. The van der Waals surface area contributed by atoms with E-state index in [1.165, 1.54) is 19.3 Å². The Morgan fingerprint density at radius 3 is 2.70 bits per heavy atom. The van der Waals surface area contributed by atoms with Crippen molar-refractivity contribution < 1.29 is 4.79 Å². The Bertz CT molecular complexity index is 667. The summed E-state index contributed by atoms with van der Waals surface area (Å²) in [6.45, 7) is 6.28. The van der Waals surface area contributed by atoms with Crippen molar-refractivity contribution >= 4 is 17.2 Å². The van der Waals surface area contributed by atoms with E-state index < -0.39 is 0 Å². The smallest absolute Gasteiger partial charge is 0.253 e. The van der Waals surface area contributed by atoms with Gasteiger partial charge in [0.2, 0.25) is 0 Å². The zero-order chi connectivity index (χ0) is 16.4.